The highest BCUT2D eigenvalue weighted by atomic mass is 35.5. The van der Waals surface area contributed by atoms with Gasteiger partial charge in [0.1, 0.15) is 0 Å². The molecule has 1 unspecified atom stereocenters. The van der Waals surface area contributed by atoms with Gasteiger partial charge in [-0.15, -0.1) is 0 Å². The summed E-state index contributed by atoms with van der Waals surface area (Å²) < 4.78 is 0. The van der Waals surface area contributed by atoms with Crippen LogP contribution in [0.25, 0.3) is 11.1 Å². The van der Waals surface area contributed by atoms with Crippen molar-refractivity contribution in [3.8, 4) is 11.1 Å². The minimum Gasteiger partial charge on any atom is -0.336 e. The highest BCUT2D eigenvalue weighted by Gasteiger charge is 2.60. The number of hydrogen-bond donors (Lipinski definition) is 0. The maximum Gasteiger partial charge on any atom is 0.176 e. The predicted octanol–water partition coefficient (Wildman–Crippen LogP) is 4.72. The molecule has 0 fully saturated rings. The minimum atomic E-state index is -0.759. The number of halogens is 1. The summed E-state index contributed by atoms with van der Waals surface area (Å²) in [6.45, 7) is 3.08. The molecule has 3 nitrogen and oxygen atoms in total. The molecule has 0 bridgehead atoms. The number of nitrogens with zero attached hydrogens (tertiary/aromatic N) is 1. The molecule has 2 heterocycles. The fourth-order valence-corrected chi connectivity index (χ4v) is 5.38. The summed E-state index contributed by atoms with van der Waals surface area (Å²) in [7, 11) is 0. The molecule has 0 saturated heterocycles. The van der Waals surface area contributed by atoms with Gasteiger partial charge in [0, 0.05) is 23.7 Å². The maximum atomic E-state index is 13.1. The Morgan fingerprint density at radius 1 is 0.929 bits per heavy atom. The SMILES string of the molecule is CC(=O)C1=C(C(C)=O)C2(c3ccccc3-c3ccccc32)C2C=C(Cl)C=CN12. The van der Waals surface area contributed by atoms with E-state index in [-0.39, 0.29) is 17.6 Å². The van der Waals surface area contributed by atoms with Crippen LogP contribution in [0, 0.1) is 0 Å². The summed E-state index contributed by atoms with van der Waals surface area (Å²) >= 11 is 6.41. The minimum absolute atomic E-state index is 0.0935. The number of carbonyl (C=O) groups excluding carboxylic acids is 2. The topological polar surface area (TPSA) is 37.4 Å². The van der Waals surface area contributed by atoms with E-state index in [0.717, 1.165) is 22.3 Å². The van der Waals surface area contributed by atoms with Gasteiger partial charge in [0.25, 0.3) is 0 Å². The standard InChI is InChI=1S/C24H18ClNO2/c1-14(27)22-23(15(2)28)26-12-11-16(25)13-21(26)24(22)19-9-5-3-7-17(19)18-8-4-6-10-20(18)24/h3-13,21H,1-2H3. The highest BCUT2D eigenvalue weighted by Crippen LogP contribution is 2.60. The van der Waals surface area contributed by atoms with Crippen molar-refractivity contribution in [2.45, 2.75) is 25.3 Å². The lowest BCUT2D eigenvalue weighted by molar-refractivity contribution is -0.116. The predicted molar refractivity (Wildman–Crippen MR) is 110 cm³/mol. The van der Waals surface area contributed by atoms with Gasteiger partial charge in [-0.1, -0.05) is 60.1 Å². The van der Waals surface area contributed by atoms with Gasteiger partial charge in [-0.3, -0.25) is 9.59 Å². The normalized spacial score (nSPS) is 20.8. The molecular weight excluding hydrogens is 370 g/mol. The van der Waals surface area contributed by atoms with Crippen molar-refractivity contribution in [1.82, 2.24) is 4.90 Å². The molecule has 0 aromatic heterocycles. The summed E-state index contributed by atoms with van der Waals surface area (Å²) in [4.78, 5) is 27.7. The van der Waals surface area contributed by atoms with E-state index in [4.69, 9.17) is 11.6 Å². The van der Waals surface area contributed by atoms with Gasteiger partial charge in [0.15, 0.2) is 11.6 Å². The van der Waals surface area contributed by atoms with Gasteiger partial charge in [0.2, 0.25) is 0 Å². The molecule has 5 rings (SSSR count). The summed E-state index contributed by atoms with van der Waals surface area (Å²) in [5, 5.41) is 0.607. The first-order chi connectivity index (χ1) is 13.5. The van der Waals surface area contributed by atoms with Crippen LogP contribution in [0.3, 0.4) is 0 Å². The van der Waals surface area contributed by atoms with Crippen molar-refractivity contribution in [1.29, 1.82) is 0 Å². The Labute approximate surface area is 168 Å². The zero-order valence-electron chi connectivity index (χ0n) is 15.6. The van der Waals surface area contributed by atoms with Crippen molar-refractivity contribution >= 4 is 23.2 Å². The highest BCUT2D eigenvalue weighted by molar-refractivity contribution is 6.31. The molecule has 28 heavy (non-hydrogen) atoms. The number of fused-ring (bicyclic) bond motifs is 7. The Kier molecular flexibility index (Phi) is 3.56. The summed E-state index contributed by atoms with van der Waals surface area (Å²) in [6, 6.07) is 16.0. The van der Waals surface area contributed by atoms with Crippen LogP contribution in [0.4, 0.5) is 0 Å². The van der Waals surface area contributed by atoms with Crippen LogP contribution in [-0.4, -0.2) is 22.5 Å². The number of Topliss-reactive ketones (excluding diaryl/α,β-unsaturated/α-hetero) is 2. The van der Waals surface area contributed by atoms with E-state index in [1.54, 1.807) is 13.0 Å². The molecule has 1 atom stereocenters. The van der Waals surface area contributed by atoms with Gasteiger partial charge in [0.05, 0.1) is 17.2 Å². The zero-order valence-corrected chi connectivity index (χ0v) is 16.3. The average Bonchev–Trinajstić information content (AvgIpc) is 3.15. The second kappa shape index (κ2) is 5.79. The lowest BCUT2D eigenvalue weighted by Crippen LogP contribution is -2.44. The van der Waals surface area contributed by atoms with Crippen molar-refractivity contribution in [3.05, 3.63) is 94.3 Å². The summed E-state index contributed by atoms with van der Waals surface area (Å²) in [6.07, 6.45) is 5.55. The van der Waals surface area contributed by atoms with E-state index < -0.39 is 5.41 Å². The van der Waals surface area contributed by atoms with Crippen molar-refractivity contribution in [2.75, 3.05) is 0 Å². The van der Waals surface area contributed by atoms with Crippen molar-refractivity contribution in [2.24, 2.45) is 0 Å². The number of allylic oxidation sites excluding steroid dienone is 3. The third kappa shape index (κ3) is 1.95. The Morgan fingerprint density at radius 3 is 2.04 bits per heavy atom. The molecule has 2 aromatic rings. The van der Waals surface area contributed by atoms with E-state index in [1.165, 1.54) is 6.92 Å². The molecular formula is C24H18ClNO2. The van der Waals surface area contributed by atoms with Crippen LogP contribution in [0.5, 0.6) is 0 Å². The molecule has 0 N–H and O–H groups in total. The quantitative estimate of drug-likeness (QED) is 0.748. The van der Waals surface area contributed by atoms with E-state index in [9.17, 15) is 9.59 Å². The first-order valence-corrected chi connectivity index (χ1v) is 9.65. The van der Waals surface area contributed by atoms with Crippen LogP contribution in [0.15, 0.2) is 83.2 Å². The van der Waals surface area contributed by atoms with Crippen LogP contribution in [0.1, 0.15) is 25.0 Å². The monoisotopic (exact) mass is 387 g/mol. The van der Waals surface area contributed by atoms with E-state index >= 15 is 0 Å². The lowest BCUT2D eigenvalue weighted by Gasteiger charge is -2.38. The summed E-state index contributed by atoms with van der Waals surface area (Å²) in [5.74, 6) is -0.214. The number of ketones is 2. The zero-order chi connectivity index (χ0) is 19.6. The molecule has 1 spiro atoms. The molecule has 0 saturated carbocycles. The molecule has 0 amide bonds. The second-order valence-electron chi connectivity index (χ2n) is 7.45. The molecule has 2 aliphatic heterocycles. The Morgan fingerprint density at radius 2 is 1.50 bits per heavy atom. The first kappa shape index (κ1) is 17.2. The summed E-state index contributed by atoms with van der Waals surface area (Å²) in [5.41, 5.74) is 4.54. The molecule has 0 radical (unpaired) electrons. The van der Waals surface area contributed by atoms with Gasteiger partial charge in [-0.2, -0.15) is 0 Å². The van der Waals surface area contributed by atoms with Crippen LogP contribution in [-0.2, 0) is 15.0 Å². The van der Waals surface area contributed by atoms with Gasteiger partial charge >= 0.3 is 0 Å². The van der Waals surface area contributed by atoms with E-state index in [1.807, 2.05) is 41.4 Å². The molecule has 138 valence electrons. The van der Waals surface area contributed by atoms with Gasteiger partial charge in [-0.25, -0.2) is 0 Å². The third-order valence-electron chi connectivity index (χ3n) is 6.02. The number of hydrogen-bond acceptors (Lipinski definition) is 3. The fourth-order valence-electron chi connectivity index (χ4n) is 5.20. The smallest absolute Gasteiger partial charge is 0.176 e. The van der Waals surface area contributed by atoms with Gasteiger partial charge in [-0.05, 0) is 41.3 Å². The molecule has 1 aliphatic carbocycles. The number of benzene rings is 2. The van der Waals surface area contributed by atoms with Crippen molar-refractivity contribution in [3.63, 3.8) is 0 Å². The second-order valence-corrected chi connectivity index (χ2v) is 7.89. The lowest BCUT2D eigenvalue weighted by atomic mass is 9.67. The third-order valence-corrected chi connectivity index (χ3v) is 6.28. The van der Waals surface area contributed by atoms with Gasteiger partial charge < -0.3 is 4.90 Å². The van der Waals surface area contributed by atoms with Crippen LogP contribution >= 0.6 is 11.6 Å². The maximum absolute atomic E-state index is 13.1. The molecule has 3 aliphatic rings. The molecule has 4 heteroatoms. The van der Waals surface area contributed by atoms with Crippen LogP contribution < -0.4 is 0 Å². The van der Waals surface area contributed by atoms with Crippen LogP contribution in [0.2, 0.25) is 0 Å². The fraction of sp³-hybridized carbons (Fsp3) is 0.167. The number of carbonyl (C=O) groups is 2. The van der Waals surface area contributed by atoms with E-state index in [0.29, 0.717) is 16.3 Å². The van der Waals surface area contributed by atoms with Crippen molar-refractivity contribution < 1.29 is 9.59 Å². The number of rotatable bonds is 2. The largest absolute Gasteiger partial charge is 0.336 e. The Hall–Kier alpha value is -2.91. The van der Waals surface area contributed by atoms with E-state index in [2.05, 4.69) is 24.3 Å². The average molecular weight is 388 g/mol. The Bertz CT molecular complexity index is 1110. The Balaban J connectivity index is 1.98. The molecule has 2 aromatic carbocycles. The first-order valence-electron chi connectivity index (χ1n) is 9.27.